The predicted octanol–water partition coefficient (Wildman–Crippen LogP) is 3.80. The molecular formula is C21H16FNO5. The van der Waals surface area contributed by atoms with Crippen LogP contribution in [-0.4, -0.2) is 24.3 Å². The number of hydrogen-bond acceptors (Lipinski definition) is 5. The number of hydrogen-bond donors (Lipinski definition) is 1. The molecule has 0 saturated carbocycles. The molecule has 0 spiro atoms. The van der Waals surface area contributed by atoms with Gasteiger partial charge in [-0.05, 0) is 55.3 Å². The molecule has 0 atom stereocenters. The first-order chi connectivity index (χ1) is 13.4. The van der Waals surface area contributed by atoms with Gasteiger partial charge in [-0.3, -0.25) is 9.59 Å². The van der Waals surface area contributed by atoms with Crippen LogP contribution >= 0.6 is 0 Å². The Labute approximate surface area is 159 Å². The van der Waals surface area contributed by atoms with Crippen LogP contribution in [0.5, 0.6) is 0 Å². The van der Waals surface area contributed by atoms with Gasteiger partial charge in [0.1, 0.15) is 11.4 Å². The number of nitrogens with one attached hydrogen (secondary N) is 1. The quantitative estimate of drug-likeness (QED) is 0.549. The fraction of sp³-hybridized carbons (Fsp3) is 0.190. The Kier molecular flexibility index (Phi) is 4.43. The van der Waals surface area contributed by atoms with Gasteiger partial charge in [0.25, 0.3) is 0 Å². The van der Waals surface area contributed by atoms with Gasteiger partial charge in [-0.2, -0.15) is 0 Å². The molecule has 4 rings (SSSR count). The molecular weight excluding hydrogens is 365 g/mol. The van der Waals surface area contributed by atoms with Gasteiger partial charge in [0.2, 0.25) is 11.7 Å². The number of furan rings is 1. The molecule has 0 bridgehead atoms. The number of halogens is 1. The third kappa shape index (κ3) is 3.26. The summed E-state index contributed by atoms with van der Waals surface area (Å²) in [5.41, 5.74) is 2.78. The summed E-state index contributed by atoms with van der Waals surface area (Å²) in [6.07, 6.45) is 0.919. The average Bonchev–Trinajstić information content (AvgIpc) is 3.01. The maximum atomic E-state index is 13.4. The first kappa shape index (κ1) is 17.9. The lowest BCUT2D eigenvalue weighted by Crippen LogP contribution is -2.20. The van der Waals surface area contributed by atoms with Crippen molar-refractivity contribution in [3.63, 3.8) is 0 Å². The van der Waals surface area contributed by atoms with Gasteiger partial charge in [0.05, 0.1) is 0 Å². The highest BCUT2D eigenvalue weighted by molar-refractivity contribution is 6.02. The van der Waals surface area contributed by atoms with E-state index in [1.165, 1.54) is 18.2 Å². The summed E-state index contributed by atoms with van der Waals surface area (Å²) >= 11 is 0. The van der Waals surface area contributed by atoms with Crippen LogP contribution in [-0.2, 0) is 16.0 Å². The Morgan fingerprint density at radius 1 is 1.18 bits per heavy atom. The number of benzene rings is 2. The van der Waals surface area contributed by atoms with Crippen LogP contribution in [0, 0.1) is 12.7 Å². The summed E-state index contributed by atoms with van der Waals surface area (Å²) in [6, 6.07) is 8.89. The average molecular weight is 381 g/mol. The fourth-order valence-corrected chi connectivity index (χ4v) is 3.22. The van der Waals surface area contributed by atoms with Crippen molar-refractivity contribution >= 4 is 34.3 Å². The summed E-state index contributed by atoms with van der Waals surface area (Å²) in [6.45, 7) is 1.18. The van der Waals surface area contributed by atoms with E-state index in [1.807, 2.05) is 0 Å². The number of aryl methyl sites for hydroxylation is 2. The first-order valence-corrected chi connectivity index (χ1v) is 8.74. The summed E-state index contributed by atoms with van der Waals surface area (Å²) in [5.74, 6) is -1.70. The largest absolute Gasteiger partial charge is 0.451 e. The van der Waals surface area contributed by atoms with Crippen LogP contribution in [0.15, 0.2) is 40.8 Å². The number of ether oxygens (including phenoxy) is 1. The zero-order chi connectivity index (χ0) is 19.8. The van der Waals surface area contributed by atoms with E-state index in [1.54, 1.807) is 25.1 Å². The van der Waals surface area contributed by atoms with E-state index < -0.39 is 18.4 Å². The van der Waals surface area contributed by atoms with Gasteiger partial charge in [-0.25, -0.2) is 9.18 Å². The Hall–Kier alpha value is -3.48. The lowest BCUT2D eigenvalue weighted by molar-refractivity contribution is -0.116. The van der Waals surface area contributed by atoms with Crippen molar-refractivity contribution in [2.24, 2.45) is 0 Å². The van der Waals surface area contributed by atoms with E-state index in [4.69, 9.17) is 9.15 Å². The molecule has 7 heteroatoms. The second-order valence-corrected chi connectivity index (χ2v) is 6.62. The normalized spacial score (nSPS) is 13.1. The number of carbonyl (C=O) groups excluding carboxylic acids is 3. The van der Waals surface area contributed by atoms with Gasteiger partial charge >= 0.3 is 5.97 Å². The maximum absolute atomic E-state index is 13.4. The number of ketones is 1. The Balaban J connectivity index is 1.47. The van der Waals surface area contributed by atoms with E-state index in [0.29, 0.717) is 40.6 Å². The summed E-state index contributed by atoms with van der Waals surface area (Å²) in [5, 5.41) is 3.23. The Bertz CT molecular complexity index is 1130. The summed E-state index contributed by atoms with van der Waals surface area (Å²) in [4.78, 5) is 36.1. The molecule has 1 aliphatic rings. The lowest BCUT2D eigenvalue weighted by atomic mass is 9.99. The van der Waals surface area contributed by atoms with Gasteiger partial charge in [-0.1, -0.05) is 0 Å². The van der Waals surface area contributed by atoms with Gasteiger partial charge in [0.15, 0.2) is 12.4 Å². The molecule has 0 radical (unpaired) electrons. The number of esters is 1. The summed E-state index contributed by atoms with van der Waals surface area (Å²) < 4.78 is 23.9. The molecule has 28 heavy (non-hydrogen) atoms. The van der Waals surface area contributed by atoms with E-state index in [-0.39, 0.29) is 17.5 Å². The smallest absolute Gasteiger partial charge is 0.375 e. The fourth-order valence-electron chi connectivity index (χ4n) is 3.22. The molecule has 0 fully saturated rings. The number of anilines is 1. The van der Waals surface area contributed by atoms with Crippen molar-refractivity contribution in [2.75, 3.05) is 11.9 Å². The van der Waals surface area contributed by atoms with E-state index in [9.17, 15) is 18.8 Å². The number of amides is 1. The molecule has 0 saturated heterocycles. The minimum Gasteiger partial charge on any atom is -0.451 e. The lowest BCUT2D eigenvalue weighted by Gasteiger charge is -2.17. The van der Waals surface area contributed by atoms with Crippen molar-refractivity contribution in [2.45, 2.75) is 19.8 Å². The molecule has 1 aromatic heterocycles. The molecule has 1 aliphatic heterocycles. The molecule has 0 aliphatic carbocycles. The van der Waals surface area contributed by atoms with Gasteiger partial charge < -0.3 is 14.5 Å². The highest BCUT2D eigenvalue weighted by Gasteiger charge is 2.21. The van der Waals surface area contributed by atoms with Crippen LogP contribution in [0.4, 0.5) is 10.1 Å². The first-order valence-electron chi connectivity index (χ1n) is 8.74. The van der Waals surface area contributed by atoms with Crippen LogP contribution in [0.1, 0.15) is 38.5 Å². The number of Topliss-reactive ketones (excluding diaryl/α,β-unsaturated/α-hetero) is 1. The molecule has 2 heterocycles. The van der Waals surface area contributed by atoms with Crippen molar-refractivity contribution in [3.8, 4) is 0 Å². The van der Waals surface area contributed by atoms with E-state index >= 15 is 0 Å². The molecule has 142 valence electrons. The van der Waals surface area contributed by atoms with E-state index in [2.05, 4.69) is 5.32 Å². The van der Waals surface area contributed by atoms with Crippen LogP contribution in [0.3, 0.4) is 0 Å². The topological polar surface area (TPSA) is 85.6 Å². The Morgan fingerprint density at radius 2 is 2.00 bits per heavy atom. The summed E-state index contributed by atoms with van der Waals surface area (Å²) in [7, 11) is 0. The monoisotopic (exact) mass is 381 g/mol. The molecule has 0 unspecified atom stereocenters. The highest BCUT2D eigenvalue weighted by atomic mass is 19.1. The van der Waals surface area contributed by atoms with Crippen LogP contribution in [0.2, 0.25) is 0 Å². The van der Waals surface area contributed by atoms with Crippen LogP contribution < -0.4 is 5.32 Å². The highest BCUT2D eigenvalue weighted by Crippen LogP contribution is 2.27. The van der Waals surface area contributed by atoms with Crippen molar-refractivity contribution in [1.29, 1.82) is 0 Å². The van der Waals surface area contributed by atoms with Crippen molar-refractivity contribution in [3.05, 3.63) is 64.7 Å². The molecule has 1 N–H and O–H groups in total. The van der Waals surface area contributed by atoms with Gasteiger partial charge in [-0.15, -0.1) is 0 Å². The minimum absolute atomic E-state index is 0.0541. The second-order valence-electron chi connectivity index (χ2n) is 6.62. The maximum Gasteiger partial charge on any atom is 0.375 e. The second kappa shape index (κ2) is 6.92. The molecule has 2 aromatic carbocycles. The standard InChI is InChI=1S/C21H16FNO5/c1-11-15-9-14(22)4-6-18(15)28-20(11)21(26)27-10-17(24)13-2-5-16-12(8-13)3-7-19(25)23-16/h2,4-6,8-9H,3,7,10H2,1H3,(H,23,25). The number of fused-ring (bicyclic) bond motifs is 2. The van der Waals surface area contributed by atoms with E-state index in [0.717, 1.165) is 5.56 Å². The van der Waals surface area contributed by atoms with Gasteiger partial charge in [0, 0.05) is 28.6 Å². The third-order valence-electron chi connectivity index (χ3n) is 4.74. The number of rotatable bonds is 4. The van der Waals surface area contributed by atoms with Crippen molar-refractivity contribution < 1.29 is 27.9 Å². The third-order valence-corrected chi connectivity index (χ3v) is 4.74. The van der Waals surface area contributed by atoms with Crippen LogP contribution in [0.25, 0.3) is 11.0 Å². The predicted molar refractivity (Wildman–Crippen MR) is 98.9 cm³/mol. The number of carbonyl (C=O) groups is 3. The molecule has 3 aromatic rings. The zero-order valence-corrected chi connectivity index (χ0v) is 15.0. The van der Waals surface area contributed by atoms with Crippen molar-refractivity contribution in [1.82, 2.24) is 0 Å². The molecule has 6 nitrogen and oxygen atoms in total. The Morgan fingerprint density at radius 3 is 2.82 bits per heavy atom. The minimum atomic E-state index is -0.785. The molecule has 1 amide bonds. The zero-order valence-electron chi connectivity index (χ0n) is 15.0. The SMILES string of the molecule is Cc1c(C(=O)OCC(=O)c2ccc3c(c2)CCC(=O)N3)oc2ccc(F)cc12.